The first kappa shape index (κ1) is 33.9. The van der Waals surface area contributed by atoms with Crippen molar-refractivity contribution in [3.05, 3.63) is 69.9 Å². The molecule has 42 heavy (non-hydrogen) atoms. The SMILES string of the molecule is CCCCCCCCCCCC(=O)NC(=O)OCc1nc(C(C)C)c(Sc2cc(Cl)cc(Cl)c2)n1Cc1ccncc1. The van der Waals surface area contributed by atoms with Crippen molar-refractivity contribution < 1.29 is 14.3 Å². The number of rotatable bonds is 17. The zero-order valence-corrected chi connectivity index (χ0v) is 27.2. The van der Waals surface area contributed by atoms with Crippen molar-refractivity contribution in [2.75, 3.05) is 0 Å². The normalized spacial score (nSPS) is 11.2. The molecule has 0 fully saturated rings. The minimum Gasteiger partial charge on any atom is -0.441 e. The van der Waals surface area contributed by atoms with Crippen LogP contribution in [0.4, 0.5) is 4.79 Å². The molecule has 0 aliphatic rings. The second kappa shape index (κ2) is 18.2. The van der Waals surface area contributed by atoms with E-state index in [9.17, 15) is 9.59 Å². The molecule has 0 saturated carbocycles. The number of hydrogen-bond acceptors (Lipinski definition) is 6. The fraction of sp³-hybridized carbons (Fsp3) is 0.500. The van der Waals surface area contributed by atoms with Crippen molar-refractivity contribution in [2.45, 2.75) is 114 Å². The molecule has 0 aliphatic heterocycles. The second-order valence-electron chi connectivity index (χ2n) is 10.7. The van der Waals surface area contributed by atoms with E-state index in [1.165, 1.54) is 50.3 Å². The highest BCUT2D eigenvalue weighted by molar-refractivity contribution is 7.99. The lowest BCUT2D eigenvalue weighted by atomic mass is 10.1. The van der Waals surface area contributed by atoms with Gasteiger partial charge in [-0.05, 0) is 48.2 Å². The number of nitrogens with zero attached hydrogens (tertiary/aromatic N) is 3. The average Bonchev–Trinajstić information content (AvgIpc) is 3.27. The van der Waals surface area contributed by atoms with E-state index in [-0.39, 0.29) is 18.4 Å². The number of carbonyl (C=O) groups excluding carboxylic acids is 2. The van der Waals surface area contributed by atoms with Gasteiger partial charge in [0.1, 0.15) is 10.9 Å². The molecule has 3 aromatic rings. The first-order valence-corrected chi connectivity index (χ1v) is 16.4. The molecule has 0 aliphatic carbocycles. The number of ether oxygens (including phenoxy) is 1. The van der Waals surface area contributed by atoms with Crippen LogP contribution in [0.15, 0.2) is 52.6 Å². The van der Waals surface area contributed by atoms with E-state index in [1.807, 2.05) is 28.8 Å². The molecule has 0 bridgehead atoms. The summed E-state index contributed by atoms with van der Waals surface area (Å²) >= 11 is 14.1. The Morgan fingerprint density at radius 3 is 2.19 bits per heavy atom. The van der Waals surface area contributed by atoms with Crippen LogP contribution < -0.4 is 5.32 Å². The largest absolute Gasteiger partial charge is 0.441 e. The maximum atomic E-state index is 12.5. The number of amides is 2. The monoisotopic (exact) mass is 632 g/mol. The number of nitrogens with one attached hydrogen (secondary N) is 1. The smallest absolute Gasteiger partial charge is 0.414 e. The van der Waals surface area contributed by atoms with Gasteiger partial charge in [0.05, 0.1) is 12.2 Å². The fourth-order valence-corrected chi connectivity index (χ4v) is 6.48. The third-order valence-electron chi connectivity index (χ3n) is 6.79. The van der Waals surface area contributed by atoms with Crippen molar-refractivity contribution in [3.8, 4) is 0 Å². The molecule has 0 saturated heterocycles. The highest BCUT2D eigenvalue weighted by Crippen LogP contribution is 2.37. The number of hydrogen-bond donors (Lipinski definition) is 1. The molecule has 0 spiro atoms. The van der Waals surface area contributed by atoms with Crippen LogP contribution in [0.5, 0.6) is 0 Å². The molecular weight excluding hydrogens is 591 g/mol. The van der Waals surface area contributed by atoms with Gasteiger partial charge in [-0.25, -0.2) is 9.78 Å². The van der Waals surface area contributed by atoms with Crippen molar-refractivity contribution in [2.24, 2.45) is 0 Å². The highest BCUT2D eigenvalue weighted by atomic mass is 35.5. The Morgan fingerprint density at radius 1 is 0.952 bits per heavy atom. The number of unbranched alkanes of at least 4 members (excludes halogenated alkanes) is 8. The van der Waals surface area contributed by atoms with E-state index in [0.717, 1.165) is 40.4 Å². The Balaban J connectivity index is 1.63. The Labute approximate surface area is 264 Å². The maximum absolute atomic E-state index is 12.5. The van der Waals surface area contributed by atoms with Gasteiger partial charge in [-0.3, -0.25) is 15.1 Å². The predicted octanol–water partition coefficient (Wildman–Crippen LogP) is 9.58. The second-order valence-corrected chi connectivity index (χ2v) is 12.7. The standard InChI is InChI=1S/C32H42Cl2N4O3S/c1-4-5-6-7-8-9-10-11-12-13-29(39)37-32(40)41-22-28-36-30(23(2)3)31(38(28)21-24-14-16-35-17-15-24)42-27-19-25(33)18-26(34)20-27/h14-20,23H,4-13,21-22H2,1-3H3,(H,37,39,40). The third-order valence-corrected chi connectivity index (χ3v) is 8.32. The molecule has 2 heterocycles. The molecular formula is C32H42Cl2N4O3S. The van der Waals surface area contributed by atoms with Gasteiger partial charge in [0.15, 0.2) is 6.61 Å². The van der Waals surface area contributed by atoms with Crippen LogP contribution in [-0.2, 0) is 22.7 Å². The summed E-state index contributed by atoms with van der Waals surface area (Å²) in [5, 5.41) is 4.35. The highest BCUT2D eigenvalue weighted by Gasteiger charge is 2.22. The Kier molecular flexibility index (Phi) is 14.7. The van der Waals surface area contributed by atoms with E-state index in [1.54, 1.807) is 18.5 Å². The van der Waals surface area contributed by atoms with Crippen molar-refractivity contribution >= 4 is 47.0 Å². The Hall–Kier alpha value is -2.55. The van der Waals surface area contributed by atoms with Crippen LogP contribution >= 0.6 is 35.0 Å². The summed E-state index contributed by atoms with van der Waals surface area (Å²) in [6.07, 6.45) is 13.5. The van der Waals surface area contributed by atoms with Gasteiger partial charge >= 0.3 is 6.09 Å². The van der Waals surface area contributed by atoms with Gasteiger partial charge in [-0.1, -0.05) is 107 Å². The molecule has 2 amide bonds. The van der Waals surface area contributed by atoms with Gasteiger partial charge < -0.3 is 9.30 Å². The van der Waals surface area contributed by atoms with E-state index < -0.39 is 6.09 Å². The van der Waals surface area contributed by atoms with Crippen LogP contribution in [-0.4, -0.2) is 26.5 Å². The molecule has 0 radical (unpaired) electrons. The zero-order chi connectivity index (χ0) is 30.3. The molecule has 10 heteroatoms. The summed E-state index contributed by atoms with van der Waals surface area (Å²) in [6, 6.07) is 9.27. The molecule has 1 N–H and O–H groups in total. The van der Waals surface area contributed by atoms with E-state index in [4.69, 9.17) is 32.9 Å². The van der Waals surface area contributed by atoms with Gasteiger partial charge in [0, 0.05) is 33.8 Å². The first-order valence-electron chi connectivity index (χ1n) is 14.9. The van der Waals surface area contributed by atoms with Crippen LogP contribution in [0.1, 0.15) is 108 Å². The first-order chi connectivity index (χ1) is 20.3. The van der Waals surface area contributed by atoms with Gasteiger partial charge in [-0.2, -0.15) is 0 Å². The minimum atomic E-state index is -0.767. The summed E-state index contributed by atoms with van der Waals surface area (Å²) in [5.74, 6) is 0.360. The topological polar surface area (TPSA) is 86.1 Å². The van der Waals surface area contributed by atoms with Crippen LogP contribution in [0.3, 0.4) is 0 Å². The van der Waals surface area contributed by atoms with Crippen molar-refractivity contribution in [3.63, 3.8) is 0 Å². The lowest BCUT2D eigenvalue weighted by Crippen LogP contribution is -2.31. The molecule has 7 nitrogen and oxygen atoms in total. The lowest BCUT2D eigenvalue weighted by molar-refractivity contribution is -0.120. The Morgan fingerprint density at radius 2 is 1.57 bits per heavy atom. The Bertz CT molecular complexity index is 1260. The van der Waals surface area contributed by atoms with E-state index >= 15 is 0 Å². The molecule has 228 valence electrons. The number of benzene rings is 1. The number of pyridine rings is 1. The summed E-state index contributed by atoms with van der Waals surface area (Å²) in [4.78, 5) is 34.7. The van der Waals surface area contributed by atoms with E-state index in [2.05, 4.69) is 31.1 Å². The van der Waals surface area contributed by atoms with Gasteiger partial charge in [0.2, 0.25) is 5.91 Å². The molecule has 2 aromatic heterocycles. The quantitative estimate of drug-likeness (QED) is 0.149. The predicted molar refractivity (Wildman–Crippen MR) is 170 cm³/mol. The molecule has 3 rings (SSSR count). The zero-order valence-electron chi connectivity index (χ0n) is 24.8. The van der Waals surface area contributed by atoms with Crippen LogP contribution in [0.2, 0.25) is 10.0 Å². The van der Waals surface area contributed by atoms with E-state index in [0.29, 0.717) is 28.8 Å². The minimum absolute atomic E-state index is 0.0845. The number of aromatic nitrogens is 3. The number of imidazole rings is 1. The number of imide groups is 1. The summed E-state index contributed by atoms with van der Waals surface area (Å²) in [5.41, 5.74) is 1.89. The van der Waals surface area contributed by atoms with Crippen molar-refractivity contribution in [1.29, 1.82) is 0 Å². The van der Waals surface area contributed by atoms with Crippen LogP contribution in [0.25, 0.3) is 0 Å². The summed E-state index contributed by atoms with van der Waals surface area (Å²) < 4.78 is 7.52. The summed E-state index contributed by atoms with van der Waals surface area (Å²) in [6.45, 7) is 6.76. The maximum Gasteiger partial charge on any atom is 0.414 e. The van der Waals surface area contributed by atoms with Gasteiger partial charge in [0.25, 0.3) is 0 Å². The number of halogens is 2. The lowest BCUT2D eigenvalue weighted by Gasteiger charge is -2.14. The number of carbonyl (C=O) groups is 2. The summed E-state index contributed by atoms with van der Waals surface area (Å²) in [7, 11) is 0. The molecule has 0 atom stereocenters. The van der Waals surface area contributed by atoms with Gasteiger partial charge in [-0.15, -0.1) is 0 Å². The third kappa shape index (κ3) is 11.6. The van der Waals surface area contributed by atoms with Crippen LogP contribution in [0, 0.1) is 0 Å². The average molecular weight is 634 g/mol. The molecule has 1 aromatic carbocycles. The van der Waals surface area contributed by atoms with Crippen molar-refractivity contribution in [1.82, 2.24) is 19.9 Å². The fourth-order valence-electron chi connectivity index (χ4n) is 4.57. The number of alkyl carbamates (subject to hydrolysis) is 1. The molecule has 0 unspecified atom stereocenters.